The first-order valence-corrected chi connectivity index (χ1v) is 5.65. The zero-order valence-corrected chi connectivity index (χ0v) is 10.8. The number of aromatic hydroxyl groups is 1. The van der Waals surface area contributed by atoms with Gasteiger partial charge < -0.3 is 20.6 Å². The molecule has 4 N–H and O–H groups in total. The maximum Gasteiger partial charge on any atom is 0.404 e. The van der Waals surface area contributed by atoms with Gasteiger partial charge in [-0.1, -0.05) is 32.9 Å². The van der Waals surface area contributed by atoms with Crippen LogP contribution in [0.5, 0.6) is 5.75 Å². The zero-order valence-electron chi connectivity index (χ0n) is 10.8. The van der Waals surface area contributed by atoms with Crippen LogP contribution in [0.4, 0.5) is 4.79 Å². The third-order valence-electron chi connectivity index (χ3n) is 3.08. The molecule has 0 saturated carbocycles. The number of carboxylic acid groups (broad SMARTS) is 1. The van der Waals surface area contributed by atoms with Crippen molar-refractivity contribution < 1.29 is 20.1 Å². The molecule has 0 unspecified atom stereocenters. The maximum atomic E-state index is 10.8. The molecule has 0 heterocycles. The molecule has 0 radical (unpaired) electrons. The third-order valence-corrected chi connectivity index (χ3v) is 3.08. The molecule has 1 aromatic carbocycles. The van der Waals surface area contributed by atoms with E-state index in [4.69, 9.17) is 5.11 Å². The molecule has 0 aliphatic rings. The summed E-state index contributed by atoms with van der Waals surface area (Å²) in [6.07, 6.45) is -1.18. The van der Waals surface area contributed by atoms with Crippen LogP contribution >= 0.6 is 0 Å². The van der Waals surface area contributed by atoms with Crippen molar-refractivity contribution in [3.05, 3.63) is 29.8 Å². The highest BCUT2D eigenvalue weighted by Crippen LogP contribution is 2.39. The molecule has 100 valence electrons. The predicted octanol–water partition coefficient (Wildman–Crippen LogP) is 1.89. The Morgan fingerprint density at radius 2 is 1.72 bits per heavy atom. The number of amides is 1. The number of benzene rings is 1. The molecule has 1 atom stereocenters. The molecule has 1 rings (SSSR count). The van der Waals surface area contributed by atoms with Gasteiger partial charge in [-0.05, 0) is 23.1 Å². The quantitative estimate of drug-likeness (QED) is 0.662. The van der Waals surface area contributed by atoms with E-state index in [-0.39, 0.29) is 12.3 Å². The highest BCUT2D eigenvalue weighted by atomic mass is 16.4. The summed E-state index contributed by atoms with van der Waals surface area (Å²) < 4.78 is 0. The van der Waals surface area contributed by atoms with Crippen LogP contribution in [0.1, 0.15) is 26.3 Å². The van der Waals surface area contributed by atoms with Crippen LogP contribution in [-0.2, 0) is 5.60 Å². The van der Waals surface area contributed by atoms with Crippen LogP contribution in [0.25, 0.3) is 0 Å². The van der Waals surface area contributed by atoms with Gasteiger partial charge in [-0.2, -0.15) is 0 Å². The van der Waals surface area contributed by atoms with Crippen molar-refractivity contribution in [1.29, 1.82) is 0 Å². The molecule has 18 heavy (non-hydrogen) atoms. The molecule has 5 nitrogen and oxygen atoms in total. The fourth-order valence-corrected chi connectivity index (χ4v) is 1.74. The Morgan fingerprint density at radius 1 is 1.22 bits per heavy atom. The highest BCUT2D eigenvalue weighted by molar-refractivity contribution is 5.64. The van der Waals surface area contributed by atoms with Gasteiger partial charge >= 0.3 is 6.09 Å². The maximum absolute atomic E-state index is 10.8. The SMILES string of the molecule is CC(C)(C)[C@@](O)(CNC(=O)O)c1ccc(O)cc1. The number of aliphatic hydroxyl groups is 1. The number of carbonyl (C=O) groups is 1. The van der Waals surface area contributed by atoms with Crippen LogP contribution in [0.15, 0.2) is 24.3 Å². The van der Waals surface area contributed by atoms with Crippen molar-refractivity contribution in [1.82, 2.24) is 5.32 Å². The van der Waals surface area contributed by atoms with E-state index >= 15 is 0 Å². The van der Waals surface area contributed by atoms with E-state index in [2.05, 4.69) is 5.32 Å². The number of phenols is 1. The fraction of sp³-hybridized carbons (Fsp3) is 0.462. The van der Waals surface area contributed by atoms with Crippen molar-refractivity contribution in [2.75, 3.05) is 6.54 Å². The van der Waals surface area contributed by atoms with Gasteiger partial charge in [0.2, 0.25) is 0 Å². The third kappa shape index (κ3) is 2.92. The number of nitrogens with one attached hydrogen (secondary N) is 1. The minimum absolute atomic E-state index is 0.0983. The second-order valence-electron chi connectivity index (χ2n) is 5.32. The first-order valence-electron chi connectivity index (χ1n) is 5.65. The monoisotopic (exact) mass is 253 g/mol. The summed E-state index contributed by atoms with van der Waals surface area (Å²) in [5.74, 6) is 0.0983. The van der Waals surface area contributed by atoms with E-state index in [9.17, 15) is 15.0 Å². The smallest absolute Gasteiger partial charge is 0.404 e. The highest BCUT2D eigenvalue weighted by Gasteiger charge is 2.41. The van der Waals surface area contributed by atoms with Gasteiger partial charge in [0.05, 0.1) is 6.54 Å². The minimum Gasteiger partial charge on any atom is -0.508 e. The minimum atomic E-state index is -1.35. The average molecular weight is 253 g/mol. The van der Waals surface area contributed by atoms with Crippen LogP contribution in [0, 0.1) is 5.41 Å². The summed E-state index contributed by atoms with van der Waals surface area (Å²) in [6, 6.07) is 6.11. The number of hydrogen-bond donors (Lipinski definition) is 4. The molecule has 0 aromatic heterocycles. The molecular weight excluding hydrogens is 234 g/mol. The lowest BCUT2D eigenvalue weighted by Crippen LogP contribution is -2.49. The second kappa shape index (κ2) is 4.86. The predicted molar refractivity (Wildman–Crippen MR) is 67.5 cm³/mol. The van der Waals surface area contributed by atoms with E-state index in [0.717, 1.165) is 0 Å². The topological polar surface area (TPSA) is 89.8 Å². The van der Waals surface area contributed by atoms with Crippen molar-refractivity contribution in [2.45, 2.75) is 26.4 Å². The summed E-state index contributed by atoms with van der Waals surface area (Å²) in [5.41, 5.74) is -1.35. The molecule has 0 spiro atoms. The molecule has 5 heteroatoms. The van der Waals surface area contributed by atoms with Gasteiger partial charge in [0.15, 0.2) is 0 Å². The van der Waals surface area contributed by atoms with Crippen molar-refractivity contribution in [3.8, 4) is 5.75 Å². The lowest BCUT2D eigenvalue weighted by Gasteiger charge is -2.40. The Hall–Kier alpha value is -1.75. The van der Waals surface area contributed by atoms with Gasteiger partial charge in [0.1, 0.15) is 11.4 Å². The van der Waals surface area contributed by atoms with Crippen LogP contribution in [-0.4, -0.2) is 28.0 Å². The first kappa shape index (κ1) is 14.3. The molecule has 1 aromatic rings. The average Bonchev–Trinajstić information content (AvgIpc) is 2.25. The van der Waals surface area contributed by atoms with Gasteiger partial charge in [-0.15, -0.1) is 0 Å². The van der Waals surface area contributed by atoms with E-state index in [1.54, 1.807) is 12.1 Å². The summed E-state index contributed by atoms with van der Waals surface area (Å²) in [5, 5.41) is 30.9. The van der Waals surface area contributed by atoms with Gasteiger partial charge in [-0.25, -0.2) is 4.79 Å². The van der Waals surface area contributed by atoms with Crippen LogP contribution in [0.2, 0.25) is 0 Å². The number of hydrogen-bond acceptors (Lipinski definition) is 3. The molecule has 0 aliphatic carbocycles. The van der Waals surface area contributed by atoms with E-state index in [1.165, 1.54) is 12.1 Å². The lowest BCUT2D eigenvalue weighted by atomic mass is 9.72. The molecule has 0 bridgehead atoms. The van der Waals surface area contributed by atoms with Crippen LogP contribution < -0.4 is 5.32 Å². The Labute approximate surface area is 106 Å². The van der Waals surface area contributed by atoms with Gasteiger partial charge in [-0.3, -0.25) is 0 Å². The molecule has 1 amide bonds. The summed E-state index contributed by atoms with van der Waals surface area (Å²) in [7, 11) is 0. The normalized spacial score (nSPS) is 14.9. The molecule has 0 fully saturated rings. The van der Waals surface area contributed by atoms with Crippen LogP contribution in [0.3, 0.4) is 0 Å². The van der Waals surface area contributed by atoms with Gasteiger partial charge in [0, 0.05) is 0 Å². The molecule has 0 aliphatic heterocycles. The van der Waals surface area contributed by atoms with E-state index in [1.807, 2.05) is 20.8 Å². The number of rotatable bonds is 3. The Kier molecular flexibility index (Phi) is 3.86. The Balaban J connectivity index is 3.12. The summed E-state index contributed by atoms with van der Waals surface area (Å²) in [4.78, 5) is 10.6. The zero-order chi connectivity index (χ0) is 14.0. The second-order valence-corrected chi connectivity index (χ2v) is 5.32. The van der Waals surface area contributed by atoms with E-state index in [0.29, 0.717) is 5.56 Å². The van der Waals surface area contributed by atoms with E-state index < -0.39 is 17.1 Å². The van der Waals surface area contributed by atoms with Crippen molar-refractivity contribution in [3.63, 3.8) is 0 Å². The molecule has 0 saturated heterocycles. The first-order chi connectivity index (χ1) is 8.17. The lowest BCUT2D eigenvalue weighted by molar-refractivity contribution is -0.0611. The van der Waals surface area contributed by atoms with Crippen molar-refractivity contribution in [2.24, 2.45) is 5.41 Å². The standard InChI is InChI=1S/C13H19NO4/c1-12(2,3)13(18,8-14-11(16)17)9-4-6-10(15)7-5-9/h4-7,14-15,18H,8H2,1-3H3,(H,16,17)/t13-/m1/s1. The van der Waals surface area contributed by atoms with Gasteiger partial charge in [0.25, 0.3) is 0 Å². The largest absolute Gasteiger partial charge is 0.508 e. The Bertz CT molecular complexity index is 422. The fourth-order valence-electron chi connectivity index (χ4n) is 1.74. The summed E-state index contributed by atoms with van der Waals surface area (Å²) in [6.45, 7) is 5.35. The summed E-state index contributed by atoms with van der Waals surface area (Å²) >= 11 is 0. The number of phenolic OH excluding ortho intramolecular Hbond substituents is 1. The van der Waals surface area contributed by atoms with Crippen molar-refractivity contribution >= 4 is 6.09 Å². The molecular formula is C13H19NO4. The Morgan fingerprint density at radius 3 is 2.11 bits per heavy atom.